The van der Waals surface area contributed by atoms with Crippen LogP contribution in [0.5, 0.6) is 0 Å². The first-order valence-electron chi connectivity index (χ1n) is 9.83. The first kappa shape index (κ1) is 20.0. The molecule has 152 valence electrons. The number of rotatable bonds is 6. The number of ether oxygens (including phenoxy) is 1. The number of hydrogen-bond acceptors (Lipinski definition) is 4. The largest absolute Gasteiger partial charge is 0.458 e. The van der Waals surface area contributed by atoms with Crippen molar-refractivity contribution in [2.45, 2.75) is 6.61 Å². The average molecular weight is 408 g/mol. The first-order chi connectivity index (χ1) is 15.2. The highest BCUT2D eigenvalue weighted by Gasteiger charge is 2.07. The quantitative estimate of drug-likeness (QED) is 0.350. The molecule has 0 fully saturated rings. The molecule has 0 spiro atoms. The van der Waals surface area contributed by atoms with E-state index in [9.17, 15) is 9.59 Å². The van der Waals surface area contributed by atoms with Crippen molar-refractivity contribution in [3.8, 4) is 0 Å². The Morgan fingerprint density at radius 1 is 0.871 bits per heavy atom. The maximum Gasteiger partial charge on any atom is 0.331 e. The Bertz CT molecular complexity index is 1230. The number of aromatic nitrogens is 1. The third-order valence-corrected chi connectivity index (χ3v) is 4.69. The van der Waals surface area contributed by atoms with Gasteiger partial charge in [0.2, 0.25) is 0 Å². The van der Waals surface area contributed by atoms with Crippen molar-refractivity contribution in [1.29, 1.82) is 0 Å². The lowest BCUT2D eigenvalue weighted by molar-refractivity contribution is -0.138. The Hall–Kier alpha value is -4.25. The first-order valence-corrected chi connectivity index (χ1v) is 9.83. The molecule has 1 N–H and O–H groups in total. The van der Waals surface area contributed by atoms with E-state index in [4.69, 9.17) is 4.74 Å². The summed E-state index contributed by atoms with van der Waals surface area (Å²) in [5.41, 5.74) is 3.74. The average Bonchev–Trinajstić information content (AvgIpc) is 2.82. The summed E-state index contributed by atoms with van der Waals surface area (Å²) in [5, 5.41) is 3.84. The molecule has 0 unspecified atom stereocenters. The number of benzene rings is 3. The number of nitrogens with one attached hydrogen (secondary N) is 1. The molecule has 4 rings (SSSR count). The van der Waals surface area contributed by atoms with E-state index in [1.54, 1.807) is 36.5 Å². The summed E-state index contributed by atoms with van der Waals surface area (Å²) in [6.07, 6.45) is 4.82. The molecule has 0 aliphatic carbocycles. The molecule has 5 nitrogen and oxygen atoms in total. The van der Waals surface area contributed by atoms with Crippen LogP contribution >= 0.6 is 0 Å². The molecule has 0 saturated heterocycles. The zero-order chi connectivity index (χ0) is 21.5. The van der Waals surface area contributed by atoms with E-state index < -0.39 is 5.97 Å². The number of esters is 1. The third kappa shape index (κ3) is 5.22. The molecular formula is C26H20N2O3. The molecule has 0 aliphatic rings. The second-order valence-electron chi connectivity index (χ2n) is 6.88. The van der Waals surface area contributed by atoms with Gasteiger partial charge in [0.1, 0.15) is 6.61 Å². The Kier molecular flexibility index (Phi) is 6.14. The van der Waals surface area contributed by atoms with Crippen molar-refractivity contribution in [1.82, 2.24) is 4.98 Å². The van der Waals surface area contributed by atoms with Gasteiger partial charge in [-0.25, -0.2) is 4.79 Å². The van der Waals surface area contributed by atoms with Gasteiger partial charge in [-0.3, -0.25) is 9.78 Å². The van der Waals surface area contributed by atoms with Crippen molar-refractivity contribution in [2.24, 2.45) is 0 Å². The molecule has 0 bridgehead atoms. The third-order valence-electron chi connectivity index (χ3n) is 4.69. The minimum Gasteiger partial charge on any atom is -0.458 e. The van der Waals surface area contributed by atoms with E-state index in [2.05, 4.69) is 10.3 Å². The smallest absolute Gasteiger partial charge is 0.331 e. The van der Waals surface area contributed by atoms with Gasteiger partial charge in [-0.1, -0.05) is 54.6 Å². The normalized spacial score (nSPS) is 10.8. The van der Waals surface area contributed by atoms with E-state index in [0.717, 1.165) is 27.7 Å². The molecular weight excluding hydrogens is 388 g/mol. The lowest BCUT2D eigenvalue weighted by Gasteiger charge is -2.06. The Morgan fingerprint density at radius 2 is 1.65 bits per heavy atom. The number of para-hydroxylation sites is 2. The van der Waals surface area contributed by atoms with Crippen LogP contribution in [0.3, 0.4) is 0 Å². The Labute approximate surface area is 180 Å². The van der Waals surface area contributed by atoms with Crippen LogP contribution in [-0.2, 0) is 16.1 Å². The fourth-order valence-corrected chi connectivity index (χ4v) is 3.10. The lowest BCUT2D eigenvalue weighted by atomic mass is 10.1. The predicted octanol–water partition coefficient (Wildman–Crippen LogP) is 5.24. The van der Waals surface area contributed by atoms with Gasteiger partial charge >= 0.3 is 5.97 Å². The number of nitrogens with zero attached hydrogens (tertiary/aromatic N) is 1. The maximum atomic E-state index is 12.3. The molecule has 1 aromatic heterocycles. The van der Waals surface area contributed by atoms with E-state index in [0.29, 0.717) is 5.56 Å². The highest BCUT2D eigenvalue weighted by Crippen LogP contribution is 2.17. The van der Waals surface area contributed by atoms with Crippen LogP contribution in [0.15, 0.2) is 97.2 Å². The Morgan fingerprint density at radius 3 is 2.45 bits per heavy atom. The lowest BCUT2D eigenvalue weighted by Crippen LogP contribution is -2.11. The second kappa shape index (κ2) is 9.50. The van der Waals surface area contributed by atoms with E-state index in [1.807, 2.05) is 60.7 Å². The number of anilines is 1. The van der Waals surface area contributed by atoms with Crippen LogP contribution in [0.2, 0.25) is 0 Å². The van der Waals surface area contributed by atoms with Crippen molar-refractivity contribution in [3.63, 3.8) is 0 Å². The van der Waals surface area contributed by atoms with Crippen LogP contribution < -0.4 is 5.32 Å². The summed E-state index contributed by atoms with van der Waals surface area (Å²) in [4.78, 5) is 28.8. The summed E-state index contributed by atoms with van der Waals surface area (Å²) in [6, 6.07) is 25.9. The number of carbonyl (C=O) groups is 2. The maximum absolute atomic E-state index is 12.3. The topological polar surface area (TPSA) is 68.3 Å². The van der Waals surface area contributed by atoms with Gasteiger partial charge in [0.05, 0.1) is 5.52 Å². The molecule has 31 heavy (non-hydrogen) atoms. The van der Waals surface area contributed by atoms with Crippen LogP contribution in [0.1, 0.15) is 21.5 Å². The van der Waals surface area contributed by atoms with Gasteiger partial charge in [-0.05, 0) is 42.0 Å². The van der Waals surface area contributed by atoms with Crippen LogP contribution in [0.4, 0.5) is 5.69 Å². The van der Waals surface area contributed by atoms with Crippen LogP contribution in [0.25, 0.3) is 17.0 Å². The summed E-state index contributed by atoms with van der Waals surface area (Å²) < 4.78 is 5.31. The zero-order valence-corrected chi connectivity index (χ0v) is 16.7. The van der Waals surface area contributed by atoms with Gasteiger partial charge in [-0.2, -0.15) is 0 Å². The number of amides is 1. The van der Waals surface area contributed by atoms with Crippen LogP contribution in [-0.4, -0.2) is 16.9 Å². The molecule has 1 amide bonds. The number of pyridine rings is 1. The zero-order valence-electron chi connectivity index (χ0n) is 16.7. The van der Waals surface area contributed by atoms with Crippen molar-refractivity contribution < 1.29 is 14.3 Å². The predicted molar refractivity (Wildman–Crippen MR) is 121 cm³/mol. The summed E-state index contributed by atoms with van der Waals surface area (Å²) in [6.45, 7) is 0.123. The molecule has 0 aliphatic heterocycles. The second-order valence-corrected chi connectivity index (χ2v) is 6.88. The van der Waals surface area contributed by atoms with Crippen molar-refractivity contribution >= 4 is 34.5 Å². The standard InChI is InChI=1S/C26H20N2O3/c29-24(16-15-21-7-4-6-20-8-5-17-27-25(20)21)31-18-19-11-13-22(14-12-19)26(30)28-23-9-2-1-3-10-23/h1-17H,18H2,(H,28,30)/b16-15-. The summed E-state index contributed by atoms with van der Waals surface area (Å²) >= 11 is 0. The van der Waals surface area contributed by atoms with Gasteiger partial charge in [0, 0.05) is 34.5 Å². The highest BCUT2D eigenvalue weighted by atomic mass is 16.5. The van der Waals surface area contributed by atoms with E-state index in [1.165, 1.54) is 6.08 Å². The minimum atomic E-state index is -0.446. The Balaban J connectivity index is 1.33. The minimum absolute atomic E-state index is 0.123. The fraction of sp³-hybridized carbons (Fsp3) is 0.0385. The molecule has 5 heteroatoms. The molecule has 0 saturated carbocycles. The van der Waals surface area contributed by atoms with Crippen molar-refractivity contribution in [3.05, 3.63) is 114 Å². The van der Waals surface area contributed by atoms with E-state index in [-0.39, 0.29) is 12.5 Å². The molecule has 0 radical (unpaired) electrons. The molecule has 0 atom stereocenters. The molecule has 4 aromatic rings. The SMILES string of the molecule is O=C(/C=C\c1cccc2cccnc12)OCc1ccc(C(=O)Nc2ccccc2)cc1. The van der Waals surface area contributed by atoms with Gasteiger partial charge in [0.25, 0.3) is 5.91 Å². The van der Waals surface area contributed by atoms with Gasteiger partial charge < -0.3 is 10.1 Å². The van der Waals surface area contributed by atoms with Crippen LogP contribution in [0, 0.1) is 0 Å². The van der Waals surface area contributed by atoms with Crippen molar-refractivity contribution in [2.75, 3.05) is 5.32 Å². The highest BCUT2D eigenvalue weighted by molar-refractivity contribution is 6.04. The summed E-state index contributed by atoms with van der Waals surface area (Å²) in [7, 11) is 0. The number of hydrogen-bond donors (Lipinski definition) is 1. The summed E-state index contributed by atoms with van der Waals surface area (Å²) in [5.74, 6) is -0.639. The van der Waals surface area contributed by atoms with Gasteiger partial charge in [-0.15, -0.1) is 0 Å². The number of carbonyl (C=O) groups excluding carboxylic acids is 2. The number of fused-ring (bicyclic) bond motifs is 1. The molecule has 3 aromatic carbocycles. The molecule has 1 heterocycles. The fourth-order valence-electron chi connectivity index (χ4n) is 3.10. The van der Waals surface area contributed by atoms with Gasteiger partial charge in [0.15, 0.2) is 0 Å². The van der Waals surface area contributed by atoms with E-state index >= 15 is 0 Å². The monoisotopic (exact) mass is 408 g/mol.